The molecule has 0 bridgehead atoms. The zero-order valence-corrected chi connectivity index (χ0v) is 10.5. The van der Waals surface area contributed by atoms with Crippen LogP contribution in [0.3, 0.4) is 0 Å². The summed E-state index contributed by atoms with van der Waals surface area (Å²) in [6.45, 7) is 1.06. The summed E-state index contributed by atoms with van der Waals surface area (Å²) >= 11 is 1.93. The number of rotatable bonds is 4. The van der Waals surface area contributed by atoms with Gasteiger partial charge in [0.05, 0.1) is 0 Å². The molecule has 0 saturated carbocycles. The summed E-state index contributed by atoms with van der Waals surface area (Å²) < 4.78 is 5.13. The summed E-state index contributed by atoms with van der Waals surface area (Å²) in [4.78, 5) is 11.4. The first kappa shape index (κ1) is 12.3. The van der Waals surface area contributed by atoms with E-state index in [1.165, 1.54) is 18.6 Å². The van der Waals surface area contributed by atoms with Crippen LogP contribution < -0.4 is 5.32 Å². The van der Waals surface area contributed by atoms with Crippen LogP contribution in [0.1, 0.15) is 18.4 Å². The van der Waals surface area contributed by atoms with Crippen molar-refractivity contribution in [1.29, 1.82) is 0 Å². The summed E-state index contributed by atoms with van der Waals surface area (Å²) in [5.74, 6) is 1.21. The molecule has 4 heteroatoms. The molecular formula is C13H17NO2S. The first-order chi connectivity index (χ1) is 8.34. The molecule has 1 fully saturated rings. The molecule has 1 saturated heterocycles. The van der Waals surface area contributed by atoms with E-state index in [9.17, 15) is 4.79 Å². The third kappa shape index (κ3) is 4.30. The molecule has 1 amide bonds. The SMILES string of the molecule is O=C(NCC1CCCS1)OCc1ccccc1. The van der Waals surface area contributed by atoms with Crippen molar-refractivity contribution in [2.75, 3.05) is 12.3 Å². The molecule has 2 rings (SSSR count). The van der Waals surface area contributed by atoms with Gasteiger partial charge >= 0.3 is 6.09 Å². The standard InChI is InChI=1S/C13H17NO2S/c15-13(14-9-12-7-4-8-17-12)16-10-11-5-2-1-3-6-11/h1-3,5-6,12H,4,7-10H2,(H,14,15). The molecule has 1 aromatic rings. The van der Waals surface area contributed by atoms with Gasteiger partial charge in [-0.15, -0.1) is 0 Å². The Morgan fingerprint density at radius 3 is 2.94 bits per heavy atom. The van der Waals surface area contributed by atoms with Gasteiger partial charge in [0.2, 0.25) is 0 Å². The van der Waals surface area contributed by atoms with Crippen LogP contribution in [-0.4, -0.2) is 23.6 Å². The number of carbonyl (C=O) groups excluding carboxylic acids is 1. The van der Waals surface area contributed by atoms with Crippen LogP contribution in [0.25, 0.3) is 0 Å². The van der Waals surface area contributed by atoms with Gasteiger partial charge in [0, 0.05) is 11.8 Å². The minimum Gasteiger partial charge on any atom is -0.445 e. The molecule has 1 atom stereocenters. The van der Waals surface area contributed by atoms with E-state index in [2.05, 4.69) is 5.32 Å². The summed E-state index contributed by atoms with van der Waals surface area (Å²) in [5, 5.41) is 3.38. The molecule has 0 spiro atoms. The van der Waals surface area contributed by atoms with Gasteiger partial charge in [-0.1, -0.05) is 30.3 Å². The molecule has 1 unspecified atom stereocenters. The fourth-order valence-corrected chi connectivity index (χ4v) is 2.98. The number of alkyl carbamates (subject to hydrolysis) is 1. The van der Waals surface area contributed by atoms with E-state index in [0.717, 1.165) is 12.1 Å². The van der Waals surface area contributed by atoms with E-state index in [1.807, 2.05) is 42.1 Å². The summed E-state index contributed by atoms with van der Waals surface area (Å²) in [7, 11) is 0. The number of ether oxygens (including phenoxy) is 1. The van der Waals surface area contributed by atoms with Crippen molar-refractivity contribution in [2.24, 2.45) is 0 Å². The second kappa shape index (κ2) is 6.55. The minimum absolute atomic E-state index is 0.318. The smallest absolute Gasteiger partial charge is 0.407 e. The number of hydrogen-bond acceptors (Lipinski definition) is 3. The lowest BCUT2D eigenvalue weighted by Gasteiger charge is -2.10. The van der Waals surface area contributed by atoms with Crippen molar-refractivity contribution in [3.8, 4) is 0 Å². The number of carbonyl (C=O) groups is 1. The molecule has 92 valence electrons. The lowest BCUT2D eigenvalue weighted by atomic mass is 10.2. The Morgan fingerprint density at radius 1 is 1.41 bits per heavy atom. The molecule has 0 radical (unpaired) electrons. The third-order valence-electron chi connectivity index (χ3n) is 2.71. The molecule has 0 aromatic heterocycles. The Morgan fingerprint density at radius 2 is 2.24 bits per heavy atom. The van der Waals surface area contributed by atoms with Gasteiger partial charge in [-0.25, -0.2) is 4.79 Å². The van der Waals surface area contributed by atoms with E-state index in [1.54, 1.807) is 0 Å². The third-order valence-corrected chi connectivity index (χ3v) is 4.11. The molecule has 1 N–H and O–H groups in total. The largest absolute Gasteiger partial charge is 0.445 e. The second-order valence-electron chi connectivity index (χ2n) is 4.08. The van der Waals surface area contributed by atoms with Crippen LogP contribution in [0.4, 0.5) is 4.79 Å². The van der Waals surface area contributed by atoms with Gasteiger partial charge in [0.1, 0.15) is 6.61 Å². The highest BCUT2D eigenvalue weighted by atomic mass is 32.2. The van der Waals surface area contributed by atoms with E-state index >= 15 is 0 Å². The maximum atomic E-state index is 11.4. The van der Waals surface area contributed by atoms with Crippen molar-refractivity contribution < 1.29 is 9.53 Å². The van der Waals surface area contributed by atoms with Gasteiger partial charge in [0.25, 0.3) is 0 Å². The van der Waals surface area contributed by atoms with Crippen molar-refractivity contribution in [2.45, 2.75) is 24.7 Å². The fraction of sp³-hybridized carbons (Fsp3) is 0.462. The molecule has 0 aliphatic carbocycles. The Balaban J connectivity index is 1.64. The highest BCUT2D eigenvalue weighted by Gasteiger charge is 2.16. The Kier molecular flexibility index (Phi) is 4.74. The second-order valence-corrected chi connectivity index (χ2v) is 5.49. The van der Waals surface area contributed by atoms with E-state index < -0.39 is 0 Å². The normalized spacial score (nSPS) is 18.9. The Labute approximate surface area is 106 Å². The Hall–Kier alpha value is -1.16. The molecule has 1 aromatic carbocycles. The van der Waals surface area contributed by atoms with Crippen molar-refractivity contribution >= 4 is 17.9 Å². The summed E-state index contributed by atoms with van der Waals surface area (Å²) in [5.41, 5.74) is 1.01. The lowest BCUT2D eigenvalue weighted by molar-refractivity contribution is 0.139. The van der Waals surface area contributed by atoms with E-state index in [-0.39, 0.29) is 6.09 Å². The monoisotopic (exact) mass is 251 g/mol. The maximum absolute atomic E-state index is 11.4. The molecule has 17 heavy (non-hydrogen) atoms. The van der Waals surface area contributed by atoms with Gasteiger partial charge in [-0.3, -0.25) is 0 Å². The van der Waals surface area contributed by atoms with E-state index in [0.29, 0.717) is 11.9 Å². The molecule has 1 aliphatic heterocycles. The van der Waals surface area contributed by atoms with Crippen LogP contribution in [0, 0.1) is 0 Å². The van der Waals surface area contributed by atoms with Gasteiger partial charge < -0.3 is 10.1 Å². The molecule has 1 heterocycles. The van der Waals surface area contributed by atoms with Crippen molar-refractivity contribution in [3.63, 3.8) is 0 Å². The molecular weight excluding hydrogens is 234 g/mol. The number of amides is 1. The van der Waals surface area contributed by atoms with Crippen molar-refractivity contribution in [3.05, 3.63) is 35.9 Å². The summed E-state index contributed by atoms with van der Waals surface area (Å²) in [6, 6.07) is 9.71. The van der Waals surface area contributed by atoms with Gasteiger partial charge in [-0.2, -0.15) is 11.8 Å². The predicted octanol–water partition coefficient (Wildman–Crippen LogP) is 2.81. The zero-order chi connectivity index (χ0) is 11.9. The average molecular weight is 251 g/mol. The minimum atomic E-state index is -0.318. The molecule has 1 aliphatic rings. The fourth-order valence-electron chi connectivity index (χ4n) is 1.78. The maximum Gasteiger partial charge on any atom is 0.407 e. The van der Waals surface area contributed by atoms with Gasteiger partial charge in [0.15, 0.2) is 0 Å². The Bertz CT molecular complexity index is 350. The number of thioether (sulfide) groups is 1. The first-order valence-corrected chi connectivity index (χ1v) is 6.95. The van der Waals surface area contributed by atoms with Crippen molar-refractivity contribution in [1.82, 2.24) is 5.32 Å². The quantitative estimate of drug-likeness (QED) is 0.894. The van der Waals surface area contributed by atoms with Gasteiger partial charge in [-0.05, 0) is 24.2 Å². The highest BCUT2D eigenvalue weighted by Crippen LogP contribution is 2.25. The topological polar surface area (TPSA) is 38.3 Å². The number of hydrogen-bond donors (Lipinski definition) is 1. The van der Waals surface area contributed by atoms with Crippen LogP contribution in [0.15, 0.2) is 30.3 Å². The predicted molar refractivity (Wildman–Crippen MR) is 70.1 cm³/mol. The number of benzene rings is 1. The van der Waals surface area contributed by atoms with Crippen LogP contribution in [0.2, 0.25) is 0 Å². The number of nitrogens with one attached hydrogen (secondary N) is 1. The average Bonchev–Trinajstić information content (AvgIpc) is 2.88. The van der Waals surface area contributed by atoms with Crippen LogP contribution >= 0.6 is 11.8 Å². The van der Waals surface area contributed by atoms with Crippen LogP contribution in [0.5, 0.6) is 0 Å². The molecule has 3 nitrogen and oxygen atoms in total. The highest BCUT2D eigenvalue weighted by molar-refractivity contribution is 8.00. The zero-order valence-electron chi connectivity index (χ0n) is 9.72. The first-order valence-electron chi connectivity index (χ1n) is 5.91. The summed E-state index contributed by atoms with van der Waals surface area (Å²) in [6.07, 6.45) is 2.14. The van der Waals surface area contributed by atoms with E-state index in [4.69, 9.17) is 4.74 Å². The van der Waals surface area contributed by atoms with Crippen LogP contribution in [-0.2, 0) is 11.3 Å². The lowest BCUT2D eigenvalue weighted by Crippen LogP contribution is -2.30.